The predicted octanol–water partition coefficient (Wildman–Crippen LogP) is 6.25. The van der Waals surface area contributed by atoms with E-state index in [-0.39, 0.29) is 18.2 Å². The molecule has 0 saturated heterocycles. The molecule has 216 valence electrons. The number of rotatable bonds is 9. The Kier molecular flexibility index (Phi) is 7.81. The molecule has 3 atom stereocenters. The number of ether oxygens (including phenoxy) is 4. The highest BCUT2D eigenvalue weighted by molar-refractivity contribution is 8.45. The fourth-order valence-electron chi connectivity index (χ4n) is 3.02. The van der Waals surface area contributed by atoms with Gasteiger partial charge in [0.05, 0.1) is 5.57 Å². The van der Waals surface area contributed by atoms with Crippen molar-refractivity contribution in [3.05, 3.63) is 38.9 Å². The molecule has 19 heteroatoms. The molecule has 0 radical (unpaired) electrons. The van der Waals surface area contributed by atoms with Gasteiger partial charge in [0, 0.05) is 12.5 Å². The molecular weight excluding hydrogens is 570 g/mol. The molecule has 2 rings (SSSR count). The molecule has 0 aliphatic carbocycles. The van der Waals surface area contributed by atoms with E-state index in [9.17, 15) is 52.3 Å². The lowest BCUT2D eigenvalue weighted by Gasteiger charge is -2.41. The number of hydrogen-bond donors (Lipinski definition) is 0. The molecule has 1 aliphatic heterocycles. The maximum Gasteiger partial charge on any atom is 0.511 e. The summed E-state index contributed by atoms with van der Waals surface area (Å²) in [5, 5.41) is 8.93. The Morgan fingerprint density at radius 2 is 1.71 bits per heavy atom. The zero-order valence-corrected chi connectivity index (χ0v) is 20.2. The number of nitrogens with zero attached hydrogens (tertiary/aromatic N) is 1. The molecule has 38 heavy (non-hydrogen) atoms. The number of carbonyl (C=O) groups excluding carboxylic acids is 2. The molecule has 1 aliphatic rings. The Morgan fingerprint density at radius 1 is 1.11 bits per heavy atom. The summed E-state index contributed by atoms with van der Waals surface area (Å²) in [6.45, 7) is 2.46. The second-order valence-electron chi connectivity index (χ2n) is 7.75. The van der Waals surface area contributed by atoms with E-state index in [1.165, 1.54) is 6.92 Å². The Balaban J connectivity index is 2.35. The number of carbonyl (C=O) groups is 2. The van der Waals surface area contributed by atoms with Gasteiger partial charge in [-0.05, 0) is 37.1 Å². The first-order valence-corrected chi connectivity index (χ1v) is 12.2. The Bertz CT molecular complexity index is 1150. The average Bonchev–Trinajstić information content (AvgIpc) is 2.73. The number of hydrogen-bond acceptors (Lipinski definition) is 9. The fraction of sp³-hybridized carbons (Fsp3) is 0.474. The monoisotopic (exact) mass is 589 g/mol. The SMILES string of the molecule is CCc1cc(S(F)(F)(F)(F)F)cc2c1O[C@H](C(F)(F)F)C(C(=O)OC(C)OC(=O)OC(C)CO[N+](=O)[O-])=C2. The minimum Gasteiger partial charge on any atom is -0.475 e. The van der Waals surface area contributed by atoms with Gasteiger partial charge in [0.2, 0.25) is 12.4 Å². The minimum absolute atomic E-state index is 0.0236. The zero-order chi connectivity index (χ0) is 29.3. The van der Waals surface area contributed by atoms with Gasteiger partial charge >= 0.3 is 28.5 Å². The second kappa shape index (κ2) is 9.66. The van der Waals surface area contributed by atoms with Gasteiger partial charge in [-0.2, -0.15) is 13.2 Å². The Labute approximate surface area is 208 Å². The summed E-state index contributed by atoms with van der Waals surface area (Å²) in [5.74, 6) is -2.67. The van der Waals surface area contributed by atoms with Crippen molar-refractivity contribution in [2.45, 2.75) is 56.8 Å². The molecular formula is C19H19F8NO9S. The van der Waals surface area contributed by atoms with Crippen molar-refractivity contribution in [3.63, 3.8) is 0 Å². The average molecular weight is 589 g/mol. The van der Waals surface area contributed by atoms with Crippen molar-refractivity contribution in [2.75, 3.05) is 6.61 Å². The van der Waals surface area contributed by atoms with Crippen LogP contribution in [0.5, 0.6) is 5.75 Å². The van der Waals surface area contributed by atoms with E-state index in [0.717, 1.165) is 13.8 Å². The van der Waals surface area contributed by atoms with Crippen LogP contribution in [0.4, 0.5) is 37.4 Å². The van der Waals surface area contributed by atoms with Gasteiger partial charge in [0.15, 0.2) is 0 Å². The Hall–Kier alpha value is -3.51. The highest BCUT2D eigenvalue weighted by atomic mass is 32.5. The van der Waals surface area contributed by atoms with Crippen molar-refractivity contribution < 1.29 is 71.1 Å². The van der Waals surface area contributed by atoms with E-state index in [1.807, 2.05) is 0 Å². The van der Waals surface area contributed by atoms with Gasteiger partial charge in [0.1, 0.15) is 23.4 Å². The van der Waals surface area contributed by atoms with E-state index in [0.29, 0.717) is 0 Å². The quantitative estimate of drug-likeness (QED) is 0.108. The lowest BCUT2D eigenvalue weighted by Crippen LogP contribution is -2.41. The fourth-order valence-corrected chi connectivity index (χ4v) is 3.74. The summed E-state index contributed by atoms with van der Waals surface area (Å²) in [6.07, 6.45) is -13.3. The number of alkyl halides is 3. The third-order valence-electron chi connectivity index (χ3n) is 4.60. The van der Waals surface area contributed by atoms with Gasteiger partial charge in [-0.15, -0.1) is 10.1 Å². The van der Waals surface area contributed by atoms with Gasteiger partial charge in [-0.3, -0.25) is 0 Å². The molecule has 1 heterocycles. The Morgan fingerprint density at radius 3 is 2.21 bits per heavy atom. The number of aryl methyl sites for hydroxylation is 1. The maximum absolute atomic E-state index is 13.7. The molecule has 2 unspecified atom stereocenters. The molecule has 10 nitrogen and oxygen atoms in total. The lowest BCUT2D eigenvalue weighted by molar-refractivity contribution is -0.759. The molecule has 0 amide bonds. The normalized spacial score (nSPS) is 18.8. The molecule has 0 bridgehead atoms. The second-order valence-corrected chi connectivity index (χ2v) is 10.2. The summed E-state index contributed by atoms with van der Waals surface area (Å²) in [7, 11) is -10.3. The molecule has 1 aromatic carbocycles. The lowest BCUT2D eigenvalue weighted by atomic mass is 9.98. The number of benzene rings is 1. The molecule has 0 N–H and O–H groups in total. The van der Waals surface area contributed by atoms with E-state index in [4.69, 9.17) is 4.74 Å². The van der Waals surface area contributed by atoms with Crippen molar-refractivity contribution in [1.82, 2.24) is 0 Å². The van der Waals surface area contributed by atoms with E-state index >= 15 is 0 Å². The van der Waals surface area contributed by atoms with Gasteiger partial charge in [-0.1, -0.05) is 26.4 Å². The van der Waals surface area contributed by atoms with Crippen LogP contribution < -0.4 is 4.74 Å². The van der Waals surface area contributed by atoms with Gasteiger partial charge in [-0.25, -0.2) is 9.59 Å². The highest BCUT2D eigenvalue weighted by Crippen LogP contribution is 3.02. The van der Waals surface area contributed by atoms with Crippen LogP contribution in [-0.4, -0.2) is 48.5 Å². The van der Waals surface area contributed by atoms with E-state index < -0.39 is 92.5 Å². The van der Waals surface area contributed by atoms with Crippen molar-refractivity contribution in [3.8, 4) is 5.75 Å². The predicted molar refractivity (Wildman–Crippen MR) is 111 cm³/mol. The van der Waals surface area contributed by atoms with E-state index in [1.54, 1.807) is 0 Å². The van der Waals surface area contributed by atoms with Crippen LogP contribution in [0, 0.1) is 10.1 Å². The van der Waals surface area contributed by atoms with Crippen LogP contribution in [0.15, 0.2) is 22.6 Å². The molecule has 0 saturated carbocycles. The third kappa shape index (κ3) is 7.99. The number of esters is 1. The molecule has 0 fully saturated rings. The summed E-state index contributed by atoms with van der Waals surface area (Å²) in [5.41, 5.74) is -2.95. The third-order valence-corrected chi connectivity index (χ3v) is 5.73. The maximum atomic E-state index is 13.7. The summed E-state index contributed by atoms with van der Waals surface area (Å²) in [6, 6.07) is -0.175. The molecule has 1 aromatic rings. The largest absolute Gasteiger partial charge is 0.511 e. The van der Waals surface area contributed by atoms with Crippen molar-refractivity contribution in [2.24, 2.45) is 0 Å². The van der Waals surface area contributed by atoms with Crippen LogP contribution in [0.3, 0.4) is 0 Å². The summed E-state index contributed by atoms with van der Waals surface area (Å²) in [4.78, 5) is 35.8. The van der Waals surface area contributed by atoms with E-state index in [2.05, 4.69) is 19.0 Å². The topological polar surface area (TPSA) is 123 Å². The van der Waals surface area contributed by atoms with Gasteiger partial charge in [0.25, 0.3) is 5.09 Å². The van der Waals surface area contributed by atoms with Crippen LogP contribution in [0.2, 0.25) is 0 Å². The standard InChI is InChI=1S/C19H19F8NO9S/c1-4-11-5-13(38(23,24,25,26)27)6-12-7-14(16(19(20,21)22)37-15(11)12)17(29)35-10(3)36-18(30)34-9(2)8-33-28(31)32/h5-7,9-10,16H,4,8H2,1-3H3/t9?,10?,16-/m0/s1. The summed E-state index contributed by atoms with van der Waals surface area (Å²) >= 11 is 0. The first-order valence-electron chi connectivity index (χ1n) is 10.2. The number of halogens is 8. The molecule has 0 spiro atoms. The van der Waals surface area contributed by atoms with Crippen LogP contribution in [0.25, 0.3) is 6.08 Å². The minimum atomic E-state index is -10.3. The zero-order valence-electron chi connectivity index (χ0n) is 19.4. The van der Waals surface area contributed by atoms with Crippen LogP contribution in [0.1, 0.15) is 31.9 Å². The summed E-state index contributed by atoms with van der Waals surface area (Å²) < 4.78 is 126. The van der Waals surface area contributed by atoms with Crippen LogP contribution >= 0.6 is 10.2 Å². The highest BCUT2D eigenvalue weighted by Gasteiger charge is 2.66. The molecule has 0 aromatic heterocycles. The van der Waals surface area contributed by atoms with Crippen molar-refractivity contribution in [1.29, 1.82) is 0 Å². The first-order chi connectivity index (χ1) is 17.0. The number of fused-ring (bicyclic) bond motifs is 1. The van der Waals surface area contributed by atoms with Crippen molar-refractivity contribution >= 4 is 28.4 Å². The van der Waals surface area contributed by atoms with Crippen LogP contribution in [-0.2, 0) is 30.3 Å². The first kappa shape index (κ1) is 30.7. The smallest absolute Gasteiger partial charge is 0.475 e. The van der Waals surface area contributed by atoms with Gasteiger partial charge < -0.3 is 23.8 Å².